The molecule has 0 unspecified atom stereocenters. The fraction of sp³-hybridized carbons (Fsp3) is 0.235. The lowest BCUT2D eigenvalue weighted by atomic mass is 10.1. The van der Waals surface area contributed by atoms with E-state index in [-0.39, 0.29) is 5.82 Å². The second-order valence-corrected chi connectivity index (χ2v) is 5.09. The third kappa shape index (κ3) is 4.39. The van der Waals surface area contributed by atoms with Crippen LogP contribution < -0.4 is 11.1 Å². The average Bonchev–Trinajstić information content (AvgIpc) is 2.45. The summed E-state index contributed by atoms with van der Waals surface area (Å²) in [5.74, 6) is -0.876. The number of primary amides is 1. The molecule has 110 valence electrons. The van der Waals surface area contributed by atoms with Crippen LogP contribution in [0.2, 0.25) is 0 Å². The van der Waals surface area contributed by atoms with E-state index in [2.05, 4.69) is 30.4 Å². The molecule has 3 nitrogen and oxygen atoms in total. The molecule has 0 atom stereocenters. The molecule has 2 aromatic carbocycles. The van der Waals surface area contributed by atoms with Crippen molar-refractivity contribution >= 4 is 5.91 Å². The van der Waals surface area contributed by atoms with Crippen LogP contribution in [-0.4, -0.2) is 12.5 Å². The number of hydrogen-bond donors (Lipinski definition) is 2. The summed E-state index contributed by atoms with van der Waals surface area (Å²) in [7, 11) is 0. The minimum atomic E-state index is -0.545. The summed E-state index contributed by atoms with van der Waals surface area (Å²) in [6.45, 7) is 3.17. The number of nitrogens with two attached hydrogens (primary N) is 1. The zero-order chi connectivity index (χ0) is 15.2. The molecule has 0 saturated carbocycles. The Balaban J connectivity index is 1.88. The SMILES string of the molecule is Cc1cccc(CCNCc2cc(C(N)=O)ccc2F)c1. The lowest BCUT2D eigenvalue weighted by Gasteiger charge is -2.08. The molecule has 0 aliphatic rings. The molecule has 0 fully saturated rings. The number of aryl methyl sites for hydroxylation is 1. The zero-order valence-corrected chi connectivity index (χ0v) is 12.0. The minimum absolute atomic E-state index is 0.326. The van der Waals surface area contributed by atoms with Crippen LogP contribution in [0.25, 0.3) is 0 Å². The maximum atomic E-state index is 13.6. The van der Waals surface area contributed by atoms with Crippen LogP contribution >= 0.6 is 0 Å². The number of rotatable bonds is 6. The van der Waals surface area contributed by atoms with E-state index in [1.54, 1.807) is 0 Å². The van der Waals surface area contributed by atoms with Crippen molar-refractivity contribution in [2.24, 2.45) is 5.73 Å². The third-order valence-electron chi connectivity index (χ3n) is 3.32. The predicted molar refractivity (Wildman–Crippen MR) is 81.5 cm³/mol. The highest BCUT2D eigenvalue weighted by molar-refractivity contribution is 5.92. The fourth-order valence-corrected chi connectivity index (χ4v) is 2.19. The van der Waals surface area contributed by atoms with E-state index < -0.39 is 5.91 Å². The number of carbonyl (C=O) groups is 1. The van der Waals surface area contributed by atoms with Gasteiger partial charge >= 0.3 is 0 Å². The van der Waals surface area contributed by atoms with Crippen molar-refractivity contribution in [3.8, 4) is 0 Å². The summed E-state index contributed by atoms with van der Waals surface area (Å²) in [6, 6.07) is 12.5. The van der Waals surface area contributed by atoms with E-state index in [0.717, 1.165) is 13.0 Å². The molecule has 4 heteroatoms. The van der Waals surface area contributed by atoms with Gasteiger partial charge < -0.3 is 11.1 Å². The van der Waals surface area contributed by atoms with E-state index >= 15 is 0 Å². The largest absolute Gasteiger partial charge is 0.366 e. The lowest BCUT2D eigenvalue weighted by Crippen LogP contribution is -2.18. The van der Waals surface area contributed by atoms with Crippen molar-refractivity contribution < 1.29 is 9.18 Å². The van der Waals surface area contributed by atoms with Crippen LogP contribution in [-0.2, 0) is 13.0 Å². The van der Waals surface area contributed by atoms with E-state index in [1.807, 2.05) is 6.07 Å². The first-order chi connectivity index (χ1) is 10.1. The summed E-state index contributed by atoms with van der Waals surface area (Å²) in [6.07, 6.45) is 0.874. The van der Waals surface area contributed by atoms with Crippen LogP contribution in [0, 0.1) is 12.7 Å². The molecule has 2 rings (SSSR count). The Hall–Kier alpha value is -2.20. The molecular weight excluding hydrogens is 267 g/mol. The second kappa shape index (κ2) is 6.99. The molecule has 1 amide bonds. The van der Waals surface area contributed by atoms with Gasteiger partial charge in [-0.25, -0.2) is 4.39 Å². The van der Waals surface area contributed by atoms with Crippen molar-refractivity contribution in [2.45, 2.75) is 19.9 Å². The van der Waals surface area contributed by atoms with E-state index in [1.165, 1.54) is 29.3 Å². The Kier molecular flexibility index (Phi) is 5.06. The number of hydrogen-bond acceptors (Lipinski definition) is 2. The Morgan fingerprint density at radius 2 is 2.05 bits per heavy atom. The molecule has 0 aliphatic heterocycles. The number of halogens is 1. The highest BCUT2D eigenvalue weighted by Gasteiger charge is 2.06. The van der Waals surface area contributed by atoms with Crippen LogP contribution in [0.4, 0.5) is 4.39 Å². The first-order valence-electron chi connectivity index (χ1n) is 6.91. The first-order valence-corrected chi connectivity index (χ1v) is 6.91. The molecule has 0 saturated heterocycles. The van der Waals surface area contributed by atoms with Crippen molar-refractivity contribution in [1.82, 2.24) is 5.32 Å². The highest BCUT2D eigenvalue weighted by atomic mass is 19.1. The number of nitrogens with one attached hydrogen (secondary N) is 1. The molecule has 0 aliphatic carbocycles. The number of amides is 1. The molecule has 0 spiro atoms. The lowest BCUT2D eigenvalue weighted by molar-refractivity contribution is 0.1000. The Bertz CT molecular complexity index is 640. The standard InChI is InChI=1S/C17H19FN2O/c1-12-3-2-4-13(9-12)7-8-20-11-15-10-14(17(19)21)5-6-16(15)18/h2-6,9-10,20H,7-8,11H2,1H3,(H2,19,21). The monoisotopic (exact) mass is 286 g/mol. The Morgan fingerprint density at radius 1 is 1.24 bits per heavy atom. The van der Waals surface area contributed by atoms with Gasteiger partial charge in [-0.05, 0) is 43.7 Å². The van der Waals surface area contributed by atoms with Crippen LogP contribution in [0.3, 0.4) is 0 Å². The first kappa shape index (κ1) is 15.2. The van der Waals surface area contributed by atoms with Gasteiger partial charge in [-0.3, -0.25) is 4.79 Å². The van der Waals surface area contributed by atoms with Crippen molar-refractivity contribution in [2.75, 3.05) is 6.54 Å². The number of carbonyl (C=O) groups excluding carboxylic acids is 1. The van der Waals surface area contributed by atoms with Crippen LogP contribution in [0.15, 0.2) is 42.5 Å². The summed E-state index contributed by atoms with van der Waals surface area (Å²) >= 11 is 0. The summed E-state index contributed by atoms with van der Waals surface area (Å²) in [5.41, 5.74) is 8.45. The molecule has 0 aromatic heterocycles. The van der Waals surface area contributed by atoms with E-state index in [4.69, 9.17) is 5.73 Å². The van der Waals surface area contributed by atoms with Gasteiger partial charge in [0.05, 0.1) is 0 Å². The van der Waals surface area contributed by atoms with E-state index in [0.29, 0.717) is 17.7 Å². The molecule has 0 bridgehead atoms. The third-order valence-corrected chi connectivity index (χ3v) is 3.32. The summed E-state index contributed by atoms with van der Waals surface area (Å²) in [4.78, 5) is 11.1. The van der Waals surface area contributed by atoms with Gasteiger partial charge in [-0.2, -0.15) is 0 Å². The molecule has 0 heterocycles. The molecule has 21 heavy (non-hydrogen) atoms. The fourth-order valence-electron chi connectivity index (χ4n) is 2.19. The summed E-state index contributed by atoms with van der Waals surface area (Å²) in [5, 5.41) is 3.18. The quantitative estimate of drug-likeness (QED) is 0.802. The van der Waals surface area contributed by atoms with Gasteiger partial charge in [0, 0.05) is 17.7 Å². The van der Waals surface area contributed by atoms with Crippen molar-refractivity contribution in [1.29, 1.82) is 0 Å². The average molecular weight is 286 g/mol. The van der Waals surface area contributed by atoms with Crippen LogP contribution in [0.1, 0.15) is 27.0 Å². The van der Waals surface area contributed by atoms with Crippen LogP contribution in [0.5, 0.6) is 0 Å². The second-order valence-electron chi connectivity index (χ2n) is 5.09. The maximum Gasteiger partial charge on any atom is 0.248 e. The van der Waals surface area contributed by atoms with Gasteiger partial charge in [0.25, 0.3) is 0 Å². The molecular formula is C17H19FN2O. The van der Waals surface area contributed by atoms with Gasteiger partial charge in [0.1, 0.15) is 5.82 Å². The Morgan fingerprint density at radius 3 is 2.76 bits per heavy atom. The van der Waals surface area contributed by atoms with Gasteiger partial charge in [0.15, 0.2) is 0 Å². The normalized spacial score (nSPS) is 10.6. The van der Waals surface area contributed by atoms with Gasteiger partial charge in [0.2, 0.25) is 5.91 Å². The summed E-state index contributed by atoms with van der Waals surface area (Å²) < 4.78 is 13.6. The zero-order valence-electron chi connectivity index (χ0n) is 12.0. The molecule has 3 N–H and O–H groups in total. The van der Waals surface area contributed by atoms with E-state index in [9.17, 15) is 9.18 Å². The van der Waals surface area contributed by atoms with Gasteiger partial charge in [-0.15, -0.1) is 0 Å². The molecule has 0 radical (unpaired) electrons. The number of benzene rings is 2. The maximum absolute atomic E-state index is 13.6. The smallest absolute Gasteiger partial charge is 0.248 e. The minimum Gasteiger partial charge on any atom is -0.366 e. The van der Waals surface area contributed by atoms with Crippen molar-refractivity contribution in [3.63, 3.8) is 0 Å². The Labute approximate surface area is 124 Å². The van der Waals surface area contributed by atoms with Gasteiger partial charge in [-0.1, -0.05) is 29.8 Å². The topological polar surface area (TPSA) is 55.1 Å². The predicted octanol–water partition coefficient (Wildman–Crippen LogP) is 2.57. The van der Waals surface area contributed by atoms with Crippen molar-refractivity contribution in [3.05, 3.63) is 70.5 Å². The highest BCUT2D eigenvalue weighted by Crippen LogP contribution is 2.10. The molecule has 2 aromatic rings.